The first-order chi connectivity index (χ1) is 20.8. The van der Waals surface area contributed by atoms with Crippen LogP contribution in [0.5, 0.6) is 0 Å². The van der Waals surface area contributed by atoms with Gasteiger partial charge in [0.1, 0.15) is 28.7 Å². The summed E-state index contributed by atoms with van der Waals surface area (Å²) in [4.78, 5) is 42.2. The topological polar surface area (TPSA) is 146 Å². The van der Waals surface area contributed by atoms with Crippen LogP contribution in [-0.4, -0.2) is 39.4 Å². The highest BCUT2D eigenvalue weighted by Crippen LogP contribution is 2.32. The summed E-state index contributed by atoms with van der Waals surface area (Å²) in [5.74, 6) is -1.23. The summed E-state index contributed by atoms with van der Waals surface area (Å²) in [6.45, 7) is 9.60. The van der Waals surface area contributed by atoms with E-state index in [0.29, 0.717) is 34.3 Å². The quantitative estimate of drug-likeness (QED) is 0.190. The fourth-order valence-electron chi connectivity index (χ4n) is 3.60. The Morgan fingerprint density at radius 3 is 1.96 bits per heavy atom. The number of amides is 4. The number of urea groups is 1. The lowest BCUT2D eigenvalue weighted by Gasteiger charge is -2.29. The second kappa shape index (κ2) is 13.1. The van der Waals surface area contributed by atoms with Crippen LogP contribution in [0.15, 0.2) is 54.7 Å². The molecule has 1 aromatic heterocycles. The monoisotopic (exact) mass is 630 g/mol. The molecule has 0 saturated carbocycles. The Morgan fingerprint density at radius 2 is 1.44 bits per heavy atom. The lowest BCUT2D eigenvalue weighted by molar-refractivity contribution is -0.137. The van der Waals surface area contributed by atoms with Gasteiger partial charge in [0.25, 0.3) is 0 Å². The highest BCUT2D eigenvalue weighted by atomic mass is 19.4. The van der Waals surface area contributed by atoms with Crippen molar-refractivity contribution in [1.82, 2.24) is 9.99 Å². The predicted molar refractivity (Wildman–Crippen MR) is 156 cm³/mol. The lowest BCUT2D eigenvalue weighted by atomic mass is 10.0. The van der Waals surface area contributed by atoms with Gasteiger partial charge in [0.15, 0.2) is 5.82 Å². The molecule has 238 valence electrons. The Labute approximate surface area is 256 Å². The molecule has 0 fully saturated rings. The van der Waals surface area contributed by atoms with E-state index in [0.717, 1.165) is 0 Å². The summed E-state index contributed by atoms with van der Waals surface area (Å²) in [6, 6.07) is 10.00. The van der Waals surface area contributed by atoms with Crippen molar-refractivity contribution >= 4 is 35.4 Å². The van der Waals surface area contributed by atoms with Crippen LogP contribution in [0.4, 0.5) is 49.1 Å². The maximum atomic E-state index is 14.0. The Bertz CT molecular complexity index is 1600. The number of imide groups is 1. The zero-order chi connectivity index (χ0) is 33.7. The van der Waals surface area contributed by atoms with E-state index in [1.165, 1.54) is 36.5 Å². The fraction of sp³-hybridized carbons (Fsp3) is 0.300. The maximum absolute atomic E-state index is 14.0. The molecule has 0 radical (unpaired) electrons. The molecule has 45 heavy (non-hydrogen) atoms. The van der Waals surface area contributed by atoms with Gasteiger partial charge in [0.2, 0.25) is 0 Å². The van der Waals surface area contributed by atoms with Gasteiger partial charge in [-0.05, 0) is 83.5 Å². The van der Waals surface area contributed by atoms with Crippen molar-refractivity contribution < 1.29 is 41.4 Å². The largest absolute Gasteiger partial charge is 0.442 e. The minimum Gasteiger partial charge on any atom is -0.442 e. The van der Waals surface area contributed by atoms with E-state index >= 15 is 0 Å². The average molecular weight is 631 g/mol. The van der Waals surface area contributed by atoms with E-state index in [1.807, 2.05) is 11.4 Å². The number of hydrogen-bond donors (Lipinski definition) is 3. The van der Waals surface area contributed by atoms with Crippen LogP contribution in [0.3, 0.4) is 0 Å². The number of rotatable bonds is 5. The molecular weight excluding hydrogens is 600 g/mol. The summed E-state index contributed by atoms with van der Waals surface area (Å²) in [5.41, 5.74) is -0.324. The first kappa shape index (κ1) is 34.1. The maximum Gasteiger partial charge on any atom is 0.439 e. The van der Waals surface area contributed by atoms with Gasteiger partial charge in [-0.15, -0.1) is 5.01 Å². The molecule has 0 unspecified atom stereocenters. The minimum atomic E-state index is -4.73. The molecule has 11 nitrogen and oxygen atoms in total. The molecule has 3 aromatic rings. The molecule has 3 N–H and O–H groups in total. The van der Waals surface area contributed by atoms with Crippen molar-refractivity contribution in [1.29, 1.82) is 5.26 Å². The number of nitriles is 1. The number of nitrogens with one attached hydrogen (secondary N) is 3. The number of hydrogen-bond acceptors (Lipinski definition) is 8. The van der Waals surface area contributed by atoms with Crippen molar-refractivity contribution in [3.63, 3.8) is 0 Å². The third-order valence-corrected chi connectivity index (χ3v) is 5.43. The predicted octanol–water partition coefficient (Wildman–Crippen LogP) is 7.92. The van der Waals surface area contributed by atoms with Crippen molar-refractivity contribution in [2.24, 2.45) is 0 Å². The Kier molecular flexibility index (Phi) is 9.92. The normalized spacial score (nSPS) is 11.6. The van der Waals surface area contributed by atoms with Gasteiger partial charge in [0.05, 0.1) is 11.3 Å². The number of benzene rings is 2. The number of aromatic nitrogens is 1. The molecule has 3 rings (SSSR count). The van der Waals surface area contributed by atoms with Crippen molar-refractivity contribution in [3.8, 4) is 17.2 Å². The van der Waals surface area contributed by atoms with Crippen LogP contribution < -0.4 is 16.1 Å². The number of halogens is 4. The molecule has 0 aliphatic carbocycles. The molecule has 15 heteroatoms. The zero-order valence-electron chi connectivity index (χ0n) is 25.1. The number of carbonyl (C=O) groups is 3. The molecule has 1 heterocycles. The van der Waals surface area contributed by atoms with E-state index in [9.17, 15) is 37.2 Å². The molecule has 0 aliphatic heterocycles. The van der Waals surface area contributed by atoms with Gasteiger partial charge in [-0.2, -0.15) is 18.4 Å². The van der Waals surface area contributed by atoms with E-state index < -0.39 is 52.7 Å². The first-order valence-corrected chi connectivity index (χ1v) is 13.2. The van der Waals surface area contributed by atoms with Crippen LogP contribution in [-0.2, 0) is 15.7 Å². The second-order valence-corrected chi connectivity index (χ2v) is 11.5. The molecule has 0 spiro atoms. The van der Waals surface area contributed by atoms with Gasteiger partial charge in [-0.25, -0.2) is 23.8 Å². The minimum absolute atomic E-state index is 0.0620. The average Bonchev–Trinajstić information content (AvgIpc) is 2.90. The Morgan fingerprint density at radius 1 is 0.867 bits per heavy atom. The lowest BCUT2D eigenvalue weighted by Crippen LogP contribution is -2.47. The van der Waals surface area contributed by atoms with Gasteiger partial charge >= 0.3 is 24.4 Å². The van der Waals surface area contributed by atoms with Crippen LogP contribution in [0.1, 0.15) is 52.7 Å². The molecule has 0 aliphatic rings. The van der Waals surface area contributed by atoms with Crippen LogP contribution >= 0.6 is 0 Å². The van der Waals surface area contributed by atoms with Crippen molar-refractivity contribution in [2.75, 3.05) is 16.1 Å². The first-order valence-electron chi connectivity index (χ1n) is 13.2. The third kappa shape index (κ3) is 9.55. The highest BCUT2D eigenvalue weighted by Gasteiger charge is 2.33. The SMILES string of the molecule is CC(C)(C)OC(=O)N(Nc1nccc(-c2ccc(NC(=O)Nc3cc(C(F)(F)F)ccc3F)cc2)c1C#N)C(=O)OC(C)(C)C. The summed E-state index contributed by atoms with van der Waals surface area (Å²) < 4.78 is 63.5. The molecular formula is C30H30F4N6O5. The summed E-state index contributed by atoms with van der Waals surface area (Å²) in [5, 5.41) is 14.9. The fourth-order valence-corrected chi connectivity index (χ4v) is 3.60. The number of pyridine rings is 1. The summed E-state index contributed by atoms with van der Waals surface area (Å²) in [7, 11) is 0. The molecule has 2 aromatic carbocycles. The number of alkyl halides is 3. The van der Waals surface area contributed by atoms with E-state index in [4.69, 9.17) is 9.47 Å². The van der Waals surface area contributed by atoms with Gasteiger partial charge in [-0.3, -0.25) is 5.43 Å². The van der Waals surface area contributed by atoms with Gasteiger partial charge in [0, 0.05) is 17.4 Å². The third-order valence-electron chi connectivity index (χ3n) is 5.43. The molecule has 0 saturated heterocycles. The molecule has 0 atom stereocenters. The van der Waals surface area contributed by atoms with E-state index in [1.54, 1.807) is 41.5 Å². The molecule has 4 amide bonds. The van der Waals surface area contributed by atoms with Crippen LogP contribution in [0.2, 0.25) is 0 Å². The van der Waals surface area contributed by atoms with Gasteiger partial charge in [-0.1, -0.05) is 12.1 Å². The van der Waals surface area contributed by atoms with Crippen LogP contribution in [0, 0.1) is 17.1 Å². The smallest absolute Gasteiger partial charge is 0.439 e. The van der Waals surface area contributed by atoms with E-state index in [-0.39, 0.29) is 17.1 Å². The van der Waals surface area contributed by atoms with E-state index in [2.05, 4.69) is 15.7 Å². The number of hydrazine groups is 1. The number of nitrogens with zero attached hydrogens (tertiary/aromatic N) is 3. The Balaban J connectivity index is 1.84. The summed E-state index contributed by atoms with van der Waals surface area (Å²) in [6.07, 6.45) is -5.62. The van der Waals surface area contributed by atoms with Crippen molar-refractivity contribution in [3.05, 3.63) is 71.7 Å². The zero-order valence-corrected chi connectivity index (χ0v) is 25.1. The summed E-state index contributed by atoms with van der Waals surface area (Å²) >= 11 is 0. The number of ether oxygens (including phenoxy) is 2. The molecule has 0 bridgehead atoms. The number of carbonyl (C=O) groups excluding carboxylic acids is 3. The second-order valence-electron chi connectivity index (χ2n) is 11.5. The standard InChI is InChI=1S/C30H30F4N6O5/c1-28(2,3)44-26(42)40(27(43)45-29(4,5)6)39-24-21(16-35)20(13-14-36-24)17-7-10-19(11-8-17)37-25(41)38-23-15-18(30(32,33)34)9-12-22(23)31/h7-15H,1-6H3,(H,36,39)(H2,37,38,41). The highest BCUT2D eigenvalue weighted by molar-refractivity contribution is 6.00. The Hall–Kier alpha value is -5.39. The van der Waals surface area contributed by atoms with Crippen LogP contribution in [0.25, 0.3) is 11.1 Å². The van der Waals surface area contributed by atoms with Gasteiger partial charge < -0.3 is 20.1 Å². The number of anilines is 3. The van der Waals surface area contributed by atoms with Crippen molar-refractivity contribution in [2.45, 2.75) is 58.9 Å².